The molecule has 0 saturated carbocycles. The molecule has 0 radical (unpaired) electrons. The molecule has 3 aliphatic rings. The Morgan fingerprint density at radius 3 is 2.60 bits per heavy atom. The van der Waals surface area contributed by atoms with Crippen molar-refractivity contribution < 1.29 is 19.2 Å². The molecule has 0 spiro atoms. The quantitative estimate of drug-likeness (QED) is 0.463. The average molecular weight is 539 g/mol. The molecule has 0 bridgehead atoms. The first-order valence-electron chi connectivity index (χ1n) is 13.6. The molecule has 3 aliphatic heterocycles. The third-order valence-electron chi connectivity index (χ3n) is 7.98. The number of likely N-dealkylation sites (tertiary alicyclic amines) is 1. The molecule has 4 amide bonds. The molecule has 2 aromatic heterocycles. The maximum atomic E-state index is 13.0. The smallest absolute Gasteiger partial charge is 0.275 e. The monoisotopic (exact) mass is 538 g/mol. The normalized spacial score (nSPS) is 19.9. The molecule has 5 heterocycles. The van der Waals surface area contributed by atoms with Crippen molar-refractivity contribution in [2.75, 3.05) is 18.4 Å². The van der Waals surface area contributed by atoms with Crippen LogP contribution in [0, 0.1) is 0 Å². The standard InChI is InChI=1S/C30H30N6O4/c37-27-7-6-25(29(39)34-27)36-18-22-16-21(4-5-23(22)30(36)40)20-9-13-35(14-10-20)17-19-8-12-31-24(15-19)28(38)33-26-3-1-2-11-32-26/h1-5,8,11-12,15-16,20,25H,6-7,9-10,13-14,17-18H2,(H,32,33,38)(H,34,37,39). The van der Waals surface area contributed by atoms with Gasteiger partial charge in [0, 0.05) is 37.5 Å². The van der Waals surface area contributed by atoms with Crippen LogP contribution in [0.5, 0.6) is 0 Å². The Balaban J connectivity index is 1.05. The largest absolute Gasteiger partial charge is 0.322 e. The molecule has 3 aromatic rings. The molecule has 2 fully saturated rings. The van der Waals surface area contributed by atoms with E-state index in [1.54, 1.807) is 29.4 Å². The number of benzene rings is 1. The summed E-state index contributed by atoms with van der Waals surface area (Å²) in [6.45, 7) is 2.96. The Kier molecular flexibility index (Phi) is 7.08. The van der Waals surface area contributed by atoms with E-state index in [0.717, 1.165) is 43.6 Å². The highest BCUT2D eigenvalue weighted by Gasteiger charge is 2.39. The highest BCUT2D eigenvalue weighted by atomic mass is 16.2. The number of rotatable bonds is 6. The number of carbonyl (C=O) groups is 4. The van der Waals surface area contributed by atoms with E-state index in [9.17, 15) is 19.2 Å². The van der Waals surface area contributed by atoms with E-state index in [1.807, 2.05) is 30.3 Å². The minimum Gasteiger partial charge on any atom is -0.322 e. The fraction of sp³-hybridized carbons (Fsp3) is 0.333. The third kappa shape index (κ3) is 5.35. The van der Waals surface area contributed by atoms with Crippen molar-refractivity contribution in [3.8, 4) is 0 Å². The first-order chi connectivity index (χ1) is 19.4. The van der Waals surface area contributed by atoms with Gasteiger partial charge >= 0.3 is 0 Å². The number of anilines is 1. The van der Waals surface area contributed by atoms with Crippen LogP contribution in [0.25, 0.3) is 0 Å². The van der Waals surface area contributed by atoms with Gasteiger partial charge in [-0.2, -0.15) is 0 Å². The number of nitrogens with zero attached hydrogens (tertiary/aromatic N) is 4. The summed E-state index contributed by atoms with van der Waals surface area (Å²) < 4.78 is 0. The van der Waals surface area contributed by atoms with Crippen LogP contribution in [0.2, 0.25) is 0 Å². The minimum absolute atomic E-state index is 0.142. The summed E-state index contributed by atoms with van der Waals surface area (Å²) in [5.74, 6) is -0.226. The molecule has 40 heavy (non-hydrogen) atoms. The zero-order chi connectivity index (χ0) is 27.6. The van der Waals surface area contributed by atoms with Gasteiger partial charge in [-0.25, -0.2) is 4.98 Å². The number of nitrogens with one attached hydrogen (secondary N) is 2. The van der Waals surface area contributed by atoms with Crippen LogP contribution in [-0.2, 0) is 22.7 Å². The van der Waals surface area contributed by atoms with E-state index in [0.29, 0.717) is 36.0 Å². The Morgan fingerprint density at radius 1 is 0.975 bits per heavy atom. The lowest BCUT2D eigenvalue weighted by molar-refractivity contribution is -0.136. The fourth-order valence-electron chi connectivity index (χ4n) is 5.84. The van der Waals surface area contributed by atoms with Gasteiger partial charge in [-0.15, -0.1) is 0 Å². The zero-order valence-electron chi connectivity index (χ0n) is 22.0. The lowest BCUT2D eigenvalue weighted by atomic mass is 9.87. The van der Waals surface area contributed by atoms with Crippen molar-refractivity contribution in [3.05, 3.63) is 88.9 Å². The second-order valence-corrected chi connectivity index (χ2v) is 10.6. The molecule has 204 valence electrons. The van der Waals surface area contributed by atoms with Crippen molar-refractivity contribution in [2.45, 2.75) is 50.7 Å². The Morgan fingerprint density at radius 2 is 1.82 bits per heavy atom. The summed E-state index contributed by atoms with van der Waals surface area (Å²) in [4.78, 5) is 61.8. The molecule has 10 nitrogen and oxygen atoms in total. The van der Waals surface area contributed by atoms with Crippen LogP contribution in [0.4, 0.5) is 5.82 Å². The number of carbonyl (C=O) groups excluding carboxylic acids is 4. The number of pyridine rings is 2. The number of fused-ring (bicyclic) bond motifs is 1. The molecular formula is C30H30N6O4. The molecule has 10 heteroatoms. The van der Waals surface area contributed by atoms with Crippen molar-refractivity contribution >= 4 is 29.4 Å². The van der Waals surface area contributed by atoms with E-state index in [1.165, 1.54) is 5.56 Å². The van der Waals surface area contributed by atoms with Crippen LogP contribution < -0.4 is 10.6 Å². The highest BCUT2D eigenvalue weighted by Crippen LogP contribution is 2.34. The van der Waals surface area contributed by atoms with Gasteiger partial charge in [0.05, 0.1) is 0 Å². The Bertz CT molecular complexity index is 1470. The number of hydrogen-bond donors (Lipinski definition) is 2. The van der Waals surface area contributed by atoms with Crippen molar-refractivity contribution in [3.63, 3.8) is 0 Å². The van der Waals surface area contributed by atoms with E-state index in [-0.39, 0.29) is 30.0 Å². The second-order valence-electron chi connectivity index (χ2n) is 10.6. The van der Waals surface area contributed by atoms with Gasteiger partial charge < -0.3 is 10.2 Å². The second kappa shape index (κ2) is 11.0. The lowest BCUT2D eigenvalue weighted by Gasteiger charge is -2.32. The summed E-state index contributed by atoms with van der Waals surface area (Å²) in [6, 6.07) is 14.6. The molecular weight excluding hydrogens is 508 g/mol. The minimum atomic E-state index is -0.598. The summed E-state index contributed by atoms with van der Waals surface area (Å²) >= 11 is 0. The summed E-state index contributed by atoms with van der Waals surface area (Å²) in [7, 11) is 0. The number of imide groups is 1. The van der Waals surface area contributed by atoms with Gasteiger partial charge in [0.25, 0.3) is 11.8 Å². The molecule has 2 N–H and O–H groups in total. The lowest BCUT2D eigenvalue weighted by Crippen LogP contribution is -2.52. The molecule has 1 atom stereocenters. The first-order valence-corrected chi connectivity index (χ1v) is 13.6. The average Bonchev–Trinajstić information content (AvgIpc) is 3.29. The maximum absolute atomic E-state index is 13.0. The SMILES string of the molecule is O=C1CCC(N2Cc3cc(C4CCN(Cc5ccnc(C(=O)Nc6ccccn6)c5)CC4)ccc3C2=O)C(=O)N1. The van der Waals surface area contributed by atoms with Crippen LogP contribution >= 0.6 is 0 Å². The van der Waals surface area contributed by atoms with Gasteiger partial charge in [-0.05, 0) is 85.3 Å². The number of piperidine rings is 2. The zero-order valence-corrected chi connectivity index (χ0v) is 22.0. The van der Waals surface area contributed by atoms with Gasteiger partial charge in [0.1, 0.15) is 17.6 Å². The number of amides is 4. The third-order valence-corrected chi connectivity index (χ3v) is 7.98. The fourth-order valence-corrected chi connectivity index (χ4v) is 5.84. The molecule has 0 aliphatic carbocycles. The van der Waals surface area contributed by atoms with Gasteiger partial charge in [-0.1, -0.05) is 18.2 Å². The first kappa shape index (κ1) is 25.8. The van der Waals surface area contributed by atoms with E-state index >= 15 is 0 Å². The van der Waals surface area contributed by atoms with Crippen LogP contribution in [0.15, 0.2) is 60.9 Å². The van der Waals surface area contributed by atoms with Gasteiger partial charge in [0.2, 0.25) is 11.8 Å². The van der Waals surface area contributed by atoms with Crippen molar-refractivity contribution in [2.24, 2.45) is 0 Å². The van der Waals surface area contributed by atoms with E-state index < -0.39 is 6.04 Å². The Hall–Kier alpha value is -4.44. The highest BCUT2D eigenvalue weighted by molar-refractivity contribution is 6.05. The Labute approximate surface area is 231 Å². The van der Waals surface area contributed by atoms with E-state index in [4.69, 9.17) is 0 Å². The molecule has 2 saturated heterocycles. The summed E-state index contributed by atoms with van der Waals surface area (Å²) in [5, 5.41) is 5.13. The summed E-state index contributed by atoms with van der Waals surface area (Å²) in [6.07, 6.45) is 5.88. The van der Waals surface area contributed by atoms with Crippen LogP contribution in [-0.4, -0.2) is 62.5 Å². The predicted molar refractivity (Wildman–Crippen MR) is 146 cm³/mol. The molecule has 1 aromatic carbocycles. The van der Waals surface area contributed by atoms with Crippen LogP contribution in [0.3, 0.4) is 0 Å². The predicted octanol–water partition coefficient (Wildman–Crippen LogP) is 2.87. The van der Waals surface area contributed by atoms with Crippen molar-refractivity contribution in [1.82, 2.24) is 25.1 Å². The van der Waals surface area contributed by atoms with E-state index in [2.05, 4.69) is 31.6 Å². The number of aromatic nitrogens is 2. The van der Waals surface area contributed by atoms with Crippen molar-refractivity contribution in [1.29, 1.82) is 0 Å². The van der Waals surface area contributed by atoms with Gasteiger partial charge in [-0.3, -0.25) is 34.4 Å². The van der Waals surface area contributed by atoms with Crippen LogP contribution in [0.1, 0.15) is 69.1 Å². The molecule has 6 rings (SSSR count). The number of hydrogen-bond acceptors (Lipinski definition) is 7. The topological polar surface area (TPSA) is 125 Å². The maximum Gasteiger partial charge on any atom is 0.275 e. The molecule has 1 unspecified atom stereocenters. The summed E-state index contributed by atoms with van der Waals surface area (Å²) in [5.41, 5.74) is 4.20. The van der Waals surface area contributed by atoms with Gasteiger partial charge in [0.15, 0.2) is 0 Å².